The Morgan fingerprint density at radius 2 is 1.94 bits per heavy atom. The lowest BCUT2D eigenvalue weighted by Crippen LogP contribution is -2.39. The third-order valence-electron chi connectivity index (χ3n) is 5.96. The van der Waals surface area contributed by atoms with Crippen molar-refractivity contribution in [2.45, 2.75) is 45.8 Å². The van der Waals surface area contributed by atoms with Gasteiger partial charge in [0.05, 0.1) is 13.2 Å². The highest BCUT2D eigenvalue weighted by Crippen LogP contribution is 2.71. The fourth-order valence-corrected chi connectivity index (χ4v) is 4.57. The highest BCUT2D eigenvalue weighted by Gasteiger charge is 2.69. The molecule has 0 aromatic heterocycles. The lowest BCUT2D eigenvalue weighted by molar-refractivity contribution is -0.187. The molecule has 0 aromatic carbocycles. The van der Waals surface area contributed by atoms with Crippen LogP contribution in [-0.2, 0) is 9.47 Å². The molecule has 17 heavy (non-hydrogen) atoms. The predicted molar refractivity (Wildman–Crippen MR) is 66.5 cm³/mol. The maximum atomic E-state index is 5.99. The molecule has 1 aliphatic heterocycles. The second kappa shape index (κ2) is 3.26. The summed E-state index contributed by atoms with van der Waals surface area (Å²) >= 11 is 0. The first-order valence-electron chi connectivity index (χ1n) is 6.66. The highest BCUT2D eigenvalue weighted by molar-refractivity contribution is 5.30. The van der Waals surface area contributed by atoms with Crippen molar-refractivity contribution in [3.05, 3.63) is 17.9 Å². The topological polar surface area (TPSA) is 18.5 Å². The van der Waals surface area contributed by atoms with Crippen molar-refractivity contribution in [1.82, 2.24) is 0 Å². The van der Waals surface area contributed by atoms with Crippen LogP contribution in [0.3, 0.4) is 0 Å². The third-order valence-corrected chi connectivity index (χ3v) is 5.96. The van der Waals surface area contributed by atoms with Crippen LogP contribution in [0.4, 0.5) is 0 Å². The summed E-state index contributed by atoms with van der Waals surface area (Å²) in [7, 11) is 0. The van der Waals surface area contributed by atoms with Crippen LogP contribution >= 0.6 is 0 Å². The van der Waals surface area contributed by atoms with Crippen molar-refractivity contribution in [3.8, 4) is 0 Å². The van der Waals surface area contributed by atoms with E-state index in [4.69, 9.17) is 9.47 Å². The van der Waals surface area contributed by atoms with Gasteiger partial charge in [-0.15, -0.1) is 5.73 Å². The quantitative estimate of drug-likeness (QED) is 0.599. The molecule has 3 fully saturated rings. The third kappa shape index (κ3) is 1.14. The molecule has 0 radical (unpaired) electrons. The van der Waals surface area contributed by atoms with Crippen LogP contribution in [0.15, 0.2) is 17.9 Å². The van der Waals surface area contributed by atoms with Crippen LogP contribution in [0, 0.1) is 16.7 Å². The molecule has 3 aliphatic rings. The van der Waals surface area contributed by atoms with Gasteiger partial charge in [-0.05, 0) is 23.8 Å². The fourth-order valence-electron chi connectivity index (χ4n) is 4.57. The van der Waals surface area contributed by atoms with Crippen LogP contribution in [0.1, 0.15) is 40.0 Å². The summed E-state index contributed by atoms with van der Waals surface area (Å²) in [5.74, 6) is 0.0423. The minimum Gasteiger partial charge on any atom is -0.347 e. The molecule has 1 heterocycles. The van der Waals surface area contributed by atoms with Gasteiger partial charge in [-0.1, -0.05) is 27.4 Å². The number of ether oxygens (including phenoxy) is 2. The molecule has 2 aliphatic carbocycles. The molecule has 2 nitrogen and oxygen atoms in total. The van der Waals surface area contributed by atoms with Crippen molar-refractivity contribution in [3.63, 3.8) is 0 Å². The van der Waals surface area contributed by atoms with Gasteiger partial charge in [-0.3, -0.25) is 0 Å². The Morgan fingerprint density at radius 3 is 2.53 bits per heavy atom. The first-order valence-corrected chi connectivity index (χ1v) is 6.66. The van der Waals surface area contributed by atoms with Gasteiger partial charge in [-0.25, -0.2) is 0 Å². The number of fused-ring (bicyclic) bond motifs is 1. The minimum absolute atomic E-state index is 0.138. The Balaban J connectivity index is 2.10. The van der Waals surface area contributed by atoms with Crippen molar-refractivity contribution < 1.29 is 9.47 Å². The van der Waals surface area contributed by atoms with Crippen LogP contribution < -0.4 is 0 Å². The molecule has 1 unspecified atom stereocenters. The Labute approximate surface area is 104 Å². The van der Waals surface area contributed by atoms with Gasteiger partial charge in [0.25, 0.3) is 0 Å². The lowest BCUT2D eigenvalue weighted by atomic mass is 9.65. The van der Waals surface area contributed by atoms with E-state index >= 15 is 0 Å². The molecule has 2 saturated carbocycles. The largest absolute Gasteiger partial charge is 0.347 e. The van der Waals surface area contributed by atoms with E-state index in [0.29, 0.717) is 5.92 Å². The molecule has 3 atom stereocenters. The Bertz CT molecular complexity index is 401. The van der Waals surface area contributed by atoms with Gasteiger partial charge in [0.15, 0.2) is 5.79 Å². The fraction of sp³-hybridized carbons (Fsp3) is 0.800. The van der Waals surface area contributed by atoms with Gasteiger partial charge in [0.1, 0.15) is 0 Å². The zero-order chi connectivity index (χ0) is 12.3. The molecule has 94 valence electrons. The molecule has 0 amide bonds. The van der Waals surface area contributed by atoms with E-state index < -0.39 is 0 Å². The van der Waals surface area contributed by atoms with Gasteiger partial charge < -0.3 is 9.47 Å². The van der Waals surface area contributed by atoms with E-state index in [1.807, 2.05) is 0 Å². The normalized spacial score (nSPS) is 47.5. The van der Waals surface area contributed by atoms with Crippen molar-refractivity contribution in [2.24, 2.45) is 16.7 Å². The highest BCUT2D eigenvalue weighted by atomic mass is 16.7. The predicted octanol–water partition coefficient (Wildman–Crippen LogP) is 3.29. The van der Waals surface area contributed by atoms with Gasteiger partial charge >= 0.3 is 0 Å². The monoisotopic (exact) mass is 234 g/mol. The molecule has 2 heteroatoms. The summed E-state index contributed by atoms with van der Waals surface area (Å²) in [6.45, 7) is 12.4. The zero-order valence-electron chi connectivity index (χ0n) is 11.1. The molecular weight excluding hydrogens is 212 g/mol. The first-order chi connectivity index (χ1) is 7.98. The molecule has 1 spiro atoms. The number of hydrogen-bond donors (Lipinski definition) is 0. The Morgan fingerprint density at radius 1 is 1.29 bits per heavy atom. The summed E-state index contributed by atoms with van der Waals surface area (Å²) < 4.78 is 12.0. The summed E-state index contributed by atoms with van der Waals surface area (Å²) in [5.41, 5.74) is 4.98. The standard InChI is InChI=1S/C15H22O2/c1-5-12-6-7-13(3)10-15(16-8-9-17-15)11(2)14(12,13)4/h11H,1,6-10H2,2-4H3/t11?,13-,14-/m1/s1. The number of rotatable bonds is 0. The average molecular weight is 234 g/mol. The molecule has 0 aromatic rings. The first kappa shape index (κ1) is 11.5. The van der Waals surface area contributed by atoms with E-state index in [0.717, 1.165) is 26.1 Å². The minimum atomic E-state index is -0.341. The molecule has 0 N–H and O–H groups in total. The smallest absolute Gasteiger partial charge is 0.172 e. The second-order valence-electron chi connectivity index (χ2n) is 6.33. The van der Waals surface area contributed by atoms with Crippen LogP contribution in [0.2, 0.25) is 0 Å². The van der Waals surface area contributed by atoms with Gasteiger partial charge in [0, 0.05) is 17.8 Å². The van der Waals surface area contributed by atoms with E-state index in [1.165, 1.54) is 12.0 Å². The number of hydrogen-bond acceptors (Lipinski definition) is 2. The molecule has 1 saturated heterocycles. The molecular formula is C15H22O2. The SMILES string of the molecule is C=C=C1CC[C@]2(C)CC3(OCCO3)C(C)[C@]12C. The lowest BCUT2D eigenvalue weighted by Gasteiger charge is -2.38. The van der Waals surface area contributed by atoms with Gasteiger partial charge in [-0.2, -0.15) is 0 Å². The van der Waals surface area contributed by atoms with Crippen LogP contribution in [0.5, 0.6) is 0 Å². The average Bonchev–Trinajstić information content (AvgIpc) is 2.89. The van der Waals surface area contributed by atoms with Crippen molar-refractivity contribution in [2.75, 3.05) is 13.2 Å². The van der Waals surface area contributed by atoms with Crippen LogP contribution in [0.25, 0.3) is 0 Å². The van der Waals surface area contributed by atoms with Gasteiger partial charge in [0.2, 0.25) is 0 Å². The van der Waals surface area contributed by atoms with E-state index in [1.54, 1.807) is 0 Å². The summed E-state index contributed by atoms with van der Waals surface area (Å²) in [4.78, 5) is 0. The van der Waals surface area contributed by atoms with Crippen LogP contribution in [-0.4, -0.2) is 19.0 Å². The summed E-state index contributed by atoms with van der Waals surface area (Å²) in [6.07, 6.45) is 3.36. The zero-order valence-corrected chi connectivity index (χ0v) is 11.1. The van der Waals surface area contributed by atoms with E-state index in [9.17, 15) is 0 Å². The Kier molecular flexibility index (Phi) is 2.21. The van der Waals surface area contributed by atoms with Crippen molar-refractivity contribution in [1.29, 1.82) is 0 Å². The molecule has 3 rings (SSSR count). The maximum absolute atomic E-state index is 5.99. The Hall–Kier alpha value is -0.560. The van der Waals surface area contributed by atoms with E-state index in [-0.39, 0.29) is 16.6 Å². The van der Waals surface area contributed by atoms with E-state index in [2.05, 4.69) is 33.1 Å². The summed E-state index contributed by atoms with van der Waals surface area (Å²) in [5, 5.41) is 0. The number of allylic oxidation sites excluding steroid dienone is 1. The summed E-state index contributed by atoms with van der Waals surface area (Å²) in [6, 6.07) is 0. The second-order valence-corrected chi connectivity index (χ2v) is 6.33. The maximum Gasteiger partial charge on any atom is 0.172 e. The van der Waals surface area contributed by atoms with Crippen molar-refractivity contribution >= 4 is 0 Å². The molecule has 0 bridgehead atoms.